The number of nitrogens with zero attached hydrogens (tertiary/aromatic N) is 1. The Morgan fingerprint density at radius 1 is 0.938 bits per heavy atom. The van der Waals surface area contributed by atoms with Gasteiger partial charge in [-0.25, -0.2) is 0 Å². The normalized spacial score (nSPS) is 45.1. The van der Waals surface area contributed by atoms with Crippen molar-refractivity contribution >= 4 is 18.2 Å². The Morgan fingerprint density at radius 2 is 1.44 bits per heavy atom. The molecule has 1 saturated carbocycles. The third-order valence-electron chi connectivity index (χ3n) is 4.33. The lowest BCUT2D eigenvalue weighted by Gasteiger charge is -2.47. The molecule has 0 aromatic rings. The van der Waals surface area contributed by atoms with Crippen LogP contribution in [0.25, 0.3) is 0 Å². The van der Waals surface area contributed by atoms with Gasteiger partial charge in [0.05, 0.1) is 11.6 Å². The Bertz CT molecular complexity index is 244. The fourth-order valence-corrected chi connectivity index (χ4v) is 3.37. The summed E-state index contributed by atoms with van der Waals surface area (Å²) < 4.78 is 0. The van der Waals surface area contributed by atoms with Crippen LogP contribution in [0.1, 0.15) is 20.8 Å². The average Bonchev–Trinajstić information content (AvgIpc) is 2.29. The van der Waals surface area contributed by atoms with Crippen LogP contribution in [0.15, 0.2) is 4.99 Å². The summed E-state index contributed by atoms with van der Waals surface area (Å²) in [6.07, 6.45) is 0. The third kappa shape index (κ3) is 2.44. The van der Waals surface area contributed by atoms with Gasteiger partial charge in [0.15, 0.2) is 0 Å². The van der Waals surface area contributed by atoms with E-state index in [2.05, 4.69) is 49.0 Å². The van der Waals surface area contributed by atoms with Crippen molar-refractivity contribution in [2.75, 3.05) is 14.1 Å². The van der Waals surface area contributed by atoms with Crippen molar-refractivity contribution in [2.45, 2.75) is 38.9 Å². The van der Waals surface area contributed by atoms with Gasteiger partial charge in [0.25, 0.3) is 0 Å². The van der Waals surface area contributed by atoms with E-state index in [0.717, 1.165) is 0 Å². The summed E-state index contributed by atoms with van der Waals surface area (Å²) in [7, 11) is 4.09. The van der Waals surface area contributed by atoms with E-state index in [9.17, 15) is 0 Å². The second kappa shape index (κ2) is 6.03. The topological polar surface area (TPSA) is 36.4 Å². The highest BCUT2D eigenvalue weighted by molar-refractivity contribution is 7.94. The molecule has 3 nitrogen and oxygen atoms in total. The van der Waals surface area contributed by atoms with Gasteiger partial charge in [0.2, 0.25) is 0 Å². The van der Waals surface area contributed by atoms with Gasteiger partial charge in [-0.2, -0.15) is 0 Å². The molecule has 1 fully saturated rings. The summed E-state index contributed by atoms with van der Waals surface area (Å²) >= 11 is 4.12. The monoisotopic (exact) mass is 243 g/mol. The summed E-state index contributed by atoms with van der Waals surface area (Å²) in [5, 5.41) is 6.88. The standard InChI is InChI=1S/C12H25N3S/c1-7-8(2)11(13-4)12(14-5)9(3)10(7)15-6-16/h6-14H,1-5H3,(H,15,16). The number of hydrogen-bond donors (Lipinski definition) is 3. The van der Waals surface area contributed by atoms with Gasteiger partial charge in [0.1, 0.15) is 0 Å². The lowest BCUT2D eigenvalue weighted by atomic mass is 9.67. The molecule has 1 rings (SSSR count). The molecule has 0 aliphatic heterocycles. The third-order valence-corrected chi connectivity index (χ3v) is 4.47. The highest BCUT2D eigenvalue weighted by Gasteiger charge is 2.43. The molecule has 0 amide bonds. The van der Waals surface area contributed by atoms with Crippen LogP contribution in [-0.2, 0) is 0 Å². The number of rotatable bonds is 3. The van der Waals surface area contributed by atoms with Crippen molar-refractivity contribution in [1.29, 1.82) is 0 Å². The second-order valence-electron chi connectivity index (χ2n) is 4.96. The van der Waals surface area contributed by atoms with Crippen LogP contribution in [0, 0.1) is 17.8 Å². The van der Waals surface area contributed by atoms with Gasteiger partial charge in [0, 0.05) is 12.1 Å². The maximum atomic E-state index is 4.53. The van der Waals surface area contributed by atoms with Crippen LogP contribution in [0.2, 0.25) is 0 Å². The summed E-state index contributed by atoms with van der Waals surface area (Å²) in [6, 6.07) is 1.36. The van der Waals surface area contributed by atoms with Crippen LogP contribution in [0.5, 0.6) is 0 Å². The first kappa shape index (κ1) is 14.0. The van der Waals surface area contributed by atoms with Gasteiger partial charge in [-0.3, -0.25) is 4.99 Å². The van der Waals surface area contributed by atoms with Crippen LogP contribution in [-0.4, -0.2) is 37.8 Å². The highest BCUT2D eigenvalue weighted by atomic mass is 32.1. The van der Waals surface area contributed by atoms with Gasteiger partial charge in [-0.15, -0.1) is 12.6 Å². The van der Waals surface area contributed by atoms with Crippen molar-refractivity contribution in [3.05, 3.63) is 0 Å². The van der Waals surface area contributed by atoms with Crippen molar-refractivity contribution in [2.24, 2.45) is 22.7 Å². The first-order valence-electron chi connectivity index (χ1n) is 6.08. The molecule has 2 N–H and O–H groups in total. The molecule has 0 aromatic carbocycles. The van der Waals surface area contributed by atoms with E-state index in [1.165, 1.54) is 0 Å². The Labute approximate surface area is 105 Å². The zero-order chi connectivity index (χ0) is 12.3. The molecule has 0 aromatic heterocycles. The molecule has 16 heavy (non-hydrogen) atoms. The first-order chi connectivity index (χ1) is 7.58. The minimum atomic E-state index is 0.370. The fraction of sp³-hybridized carbons (Fsp3) is 0.917. The second-order valence-corrected chi connectivity index (χ2v) is 5.19. The maximum Gasteiger partial charge on any atom is 0.0575 e. The first-order valence-corrected chi connectivity index (χ1v) is 6.60. The van der Waals surface area contributed by atoms with E-state index in [0.29, 0.717) is 35.9 Å². The van der Waals surface area contributed by atoms with Gasteiger partial charge in [-0.1, -0.05) is 20.8 Å². The van der Waals surface area contributed by atoms with Crippen molar-refractivity contribution in [1.82, 2.24) is 10.6 Å². The number of thiol groups is 1. The van der Waals surface area contributed by atoms with E-state index < -0.39 is 0 Å². The predicted octanol–water partition coefficient (Wildman–Crippen LogP) is 1.41. The molecule has 1 aliphatic rings. The molecule has 6 atom stereocenters. The van der Waals surface area contributed by atoms with Gasteiger partial charge in [-0.05, 0) is 31.8 Å². The van der Waals surface area contributed by atoms with E-state index >= 15 is 0 Å². The lowest BCUT2D eigenvalue weighted by Crippen LogP contribution is -2.61. The summed E-state index contributed by atoms with van der Waals surface area (Å²) in [5.41, 5.74) is 1.65. The Morgan fingerprint density at radius 3 is 1.88 bits per heavy atom. The Hall–Kier alpha value is -0.0600. The zero-order valence-electron chi connectivity index (χ0n) is 10.9. The summed E-state index contributed by atoms with van der Waals surface area (Å²) in [6.45, 7) is 6.88. The minimum Gasteiger partial charge on any atom is -0.315 e. The Balaban J connectivity index is 2.94. The molecule has 0 radical (unpaired) electrons. The number of nitrogens with one attached hydrogen (secondary N) is 2. The minimum absolute atomic E-state index is 0.370. The number of likely N-dealkylation sites (N-methyl/N-ethyl adjacent to an activating group) is 2. The molecule has 94 valence electrons. The zero-order valence-corrected chi connectivity index (χ0v) is 11.8. The molecule has 0 spiro atoms. The van der Waals surface area contributed by atoms with E-state index in [1.807, 2.05) is 14.1 Å². The molecule has 6 unspecified atom stereocenters. The molecule has 1 aliphatic carbocycles. The SMILES string of the molecule is CNC1C(C)C(C)C(N=CS)C(C)C1NC. The number of aliphatic imine (C=N–C) groups is 1. The van der Waals surface area contributed by atoms with E-state index in [-0.39, 0.29) is 0 Å². The van der Waals surface area contributed by atoms with Crippen LogP contribution >= 0.6 is 12.6 Å². The van der Waals surface area contributed by atoms with Gasteiger partial charge < -0.3 is 10.6 Å². The largest absolute Gasteiger partial charge is 0.315 e. The fourth-order valence-electron chi connectivity index (χ4n) is 3.22. The average molecular weight is 243 g/mol. The molecular formula is C12H25N3S. The summed E-state index contributed by atoms with van der Waals surface area (Å²) in [4.78, 5) is 4.53. The number of hydrogen-bond acceptors (Lipinski definition) is 3. The molecule has 0 heterocycles. The molecule has 0 saturated heterocycles. The van der Waals surface area contributed by atoms with Crippen LogP contribution in [0.4, 0.5) is 0 Å². The molecular weight excluding hydrogens is 218 g/mol. The lowest BCUT2D eigenvalue weighted by molar-refractivity contribution is 0.101. The van der Waals surface area contributed by atoms with Crippen molar-refractivity contribution in [3.63, 3.8) is 0 Å². The maximum absolute atomic E-state index is 4.53. The van der Waals surface area contributed by atoms with Crippen molar-refractivity contribution in [3.8, 4) is 0 Å². The van der Waals surface area contributed by atoms with Crippen LogP contribution < -0.4 is 10.6 Å². The van der Waals surface area contributed by atoms with Crippen molar-refractivity contribution < 1.29 is 0 Å². The van der Waals surface area contributed by atoms with Crippen LogP contribution in [0.3, 0.4) is 0 Å². The molecule has 4 heteroatoms. The van der Waals surface area contributed by atoms with E-state index in [4.69, 9.17) is 0 Å². The van der Waals surface area contributed by atoms with E-state index in [1.54, 1.807) is 5.55 Å². The quantitative estimate of drug-likeness (QED) is 0.398. The van der Waals surface area contributed by atoms with Gasteiger partial charge >= 0.3 is 0 Å². The Kier molecular flexibility index (Phi) is 5.28. The highest BCUT2D eigenvalue weighted by Crippen LogP contribution is 2.35. The smallest absolute Gasteiger partial charge is 0.0575 e. The predicted molar refractivity (Wildman–Crippen MR) is 74.5 cm³/mol. The summed E-state index contributed by atoms with van der Waals surface area (Å²) in [5.74, 6) is 1.72. The molecule has 0 bridgehead atoms.